The number of allylic oxidation sites excluding steroid dienone is 1. The Bertz CT molecular complexity index is 620. The fourth-order valence-electron chi connectivity index (χ4n) is 3.66. The lowest BCUT2D eigenvalue weighted by Gasteiger charge is -2.24. The van der Waals surface area contributed by atoms with E-state index in [1.54, 1.807) is 0 Å². The second kappa shape index (κ2) is 7.17. The van der Waals surface area contributed by atoms with E-state index < -0.39 is 13.2 Å². The molecule has 0 amide bonds. The summed E-state index contributed by atoms with van der Waals surface area (Å²) >= 11 is 0. The van der Waals surface area contributed by atoms with E-state index >= 15 is 0 Å². The lowest BCUT2D eigenvalue weighted by Crippen LogP contribution is -2.19. The van der Waals surface area contributed by atoms with Gasteiger partial charge < -0.3 is 9.88 Å². The van der Waals surface area contributed by atoms with E-state index in [2.05, 4.69) is 5.32 Å². The van der Waals surface area contributed by atoms with Crippen molar-refractivity contribution in [3.05, 3.63) is 35.9 Å². The second-order valence-corrected chi connectivity index (χ2v) is 9.97. The predicted molar refractivity (Wildman–Crippen MR) is 92.3 cm³/mol. The molecule has 0 bridgehead atoms. The number of anilines is 1. The standard InChI is InChI=1S/C18H24F2NOP/c19-18(20)15-8-6-14(7-9-15)13-21-16-4-3-5-17(12-16)23(22)10-1-2-11-23/h3-5,12,14,21H,1-2,6-11,13H2. The van der Waals surface area contributed by atoms with Crippen molar-refractivity contribution in [1.29, 1.82) is 0 Å². The van der Waals surface area contributed by atoms with Crippen molar-refractivity contribution >= 4 is 18.1 Å². The highest BCUT2D eigenvalue weighted by Gasteiger charge is 2.29. The van der Waals surface area contributed by atoms with Gasteiger partial charge in [-0.2, -0.15) is 8.78 Å². The molecule has 1 saturated heterocycles. The van der Waals surface area contributed by atoms with Gasteiger partial charge >= 0.3 is 0 Å². The Kier molecular flexibility index (Phi) is 5.21. The van der Waals surface area contributed by atoms with Crippen molar-refractivity contribution in [1.82, 2.24) is 0 Å². The fourth-order valence-corrected chi connectivity index (χ4v) is 6.60. The SMILES string of the molecule is O=P1(c2cccc(NCC3CCC(=C(F)F)CC3)c2)CCCC1. The maximum atomic E-state index is 12.9. The molecule has 1 N–H and O–H groups in total. The van der Waals surface area contributed by atoms with Gasteiger partial charge in [0.25, 0.3) is 6.08 Å². The first-order valence-electron chi connectivity index (χ1n) is 8.52. The highest BCUT2D eigenvalue weighted by atomic mass is 31.2. The maximum Gasteiger partial charge on any atom is 0.269 e. The summed E-state index contributed by atoms with van der Waals surface area (Å²) in [4.78, 5) is 0. The topological polar surface area (TPSA) is 29.1 Å². The molecule has 126 valence electrons. The number of benzene rings is 1. The Hall–Kier alpha value is -1.15. The number of rotatable bonds is 4. The van der Waals surface area contributed by atoms with Gasteiger partial charge in [0.2, 0.25) is 0 Å². The molecule has 1 heterocycles. The third-order valence-corrected chi connectivity index (χ3v) is 8.47. The molecule has 1 aromatic carbocycles. The average Bonchev–Trinajstić information content (AvgIpc) is 3.02. The van der Waals surface area contributed by atoms with Crippen LogP contribution in [0.3, 0.4) is 0 Å². The first-order chi connectivity index (χ1) is 11.1. The van der Waals surface area contributed by atoms with Crippen LogP contribution in [-0.4, -0.2) is 18.9 Å². The summed E-state index contributed by atoms with van der Waals surface area (Å²) < 4.78 is 38.0. The monoisotopic (exact) mass is 339 g/mol. The summed E-state index contributed by atoms with van der Waals surface area (Å²) in [5.41, 5.74) is 1.34. The molecular weight excluding hydrogens is 315 g/mol. The number of hydrogen-bond donors (Lipinski definition) is 1. The summed E-state index contributed by atoms with van der Waals surface area (Å²) in [6.45, 7) is 0.801. The van der Waals surface area contributed by atoms with Gasteiger partial charge in [-0.3, -0.25) is 0 Å². The minimum absolute atomic E-state index is 0.336. The number of nitrogens with one attached hydrogen (secondary N) is 1. The van der Waals surface area contributed by atoms with Gasteiger partial charge in [0, 0.05) is 29.9 Å². The Balaban J connectivity index is 1.57. The lowest BCUT2D eigenvalue weighted by molar-refractivity contribution is 0.365. The van der Waals surface area contributed by atoms with Crippen LogP contribution in [0, 0.1) is 5.92 Å². The van der Waals surface area contributed by atoms with Crippen LogP contribution in [0.1, 0.15) is 38.5 Å². The smallest absolute Gasteiger partial charge is 0.269 e. The van der Waals surface area contributed by atoms with E-state index in [9.17, 15) is 13.3 Å². The molecule has 1 aliphatic carbocycles. The molecule has 5 heteroatoms. The molecule has 1 aromatic rings. The van der Waals surface area contributed by atoms with Crippen LogP contribution >= 0.6 is 7.14 Å². The van der Waals surface area contributed by atoms with Crippen molar-refractivity contribution in [3.8, 4) is 0 Å². The Labute approximate surface area is 136 Å². The van der Waals surface area contributed by atoms with Gasteiger partial charge in [0.05, 0.1) is 0 Å². The van der Waals surface area contributed by atoms with Crippen molar-refractivity contribution in [2.24, 2.45) is 5.92 Å². The molecule has 2 aliphatic rings. The summed E-state index contributed by atoms with van der Waals surface area (Å²) in [5, 5.41) is 4.41. The van der Waals surface area contributed by atoms with Crippen LogP contribution in [-0.2, 0) is 4.57 Å². The molecule has 3 rings (SSSR count). The normalized spacial score (nSPS) is 23.7. The van der Waals surface area contributed by atoms with Crippen LogP contribution in [0.2, 0.25) is 0 Å². The van der Waals surface area contributed by atoms with Gasteiger partial charge in [-0.05, 0) is 62.1 Å². The van der Waals surface area contributed by atoms with E-state index in [0.29, 0.717) is 24.3 Å². The van der Waals surface area contributed by atoms with Gasteiger partial charge in [0.1, 0.15) is 7.14 Å². The molecule has 23 heavy (non-hydrogen) atoms. The molecule has 2 fully saturated rings. The van der Waals surface area contributed by atoms with Crippen LogP contribution < -0.4 is 10.6 Å². The summed E-state index contributed by atoms with van der Waals surface area (Å²) in [6, 6.07) is 7.98. The third kappa shape index (κ3) is 4.03. The quantitative estimate of drug-likeness (QED) is 0.762. The third-order valence-electron chi connectivity index (χ3n) is 5.18. The zero-order chi connectivity index (χ0) is 16.3. The Morgan fingerprint density at radius 2 is 1.87 bits per heavy atom. The predicted octanol–water partition coefficient (Wildman–Crippen LogP) is 5.22. The lowest BCUT2D eigenvalue weighted by atomic mass is 9.86. The summed E-state index contributed by atoms with van der Waals surface area (Å²) in [7, 11) is -2.15. The second-order valence-electron chi connectivity index (χ2n) is 6.78. The van der Waals surface area contributed by atoms with Crippen LogP contribution in [0.4, 0.5) is 14.5 Å². The maximum absolute atomic E-state index is 12.9. The van der Waals surface area contributed by atoms with Gasteiger partial charge in [-0.1, -0.05) is 12.1 Å². The molecule has 0 radical (unpaired) electrons. The highest BCUT2D eigenvalue weighted by molar-refractivity contribution is 7.71. The first kappa shape index (κ1) is 16.7. The largest absolute Gasteiger partial charge is 0.385 e. The minimum Gasteiger partial charge on any atom is -0.385 e. The van der Waals surface area contributed by atoms with Crippen molar-refractivity contribution in [3.63, 3.8) is 0 Å². The van der Waals surface area contributed by atoms with Crippen molar-refractivity contribution in [2.45, 2.75) is 38.5 Å². The molecule has 1 saturated carbocycles. The van der Waals surface area contributed by atoms with Crippen molar-refractivity contribution < 1.29 is 13.3 Å². The van der Waals surface area contributed by atoms with E-state index in [1.165, 1.54) is 0 Å². The molecule has 0 atom stereocenters. The minimum atomic E-state index is -2.15. The molecule has 1 aliphatic heterocycles. The fraction of sp³-hybridized carbons (Fsp3) is 0.556. The van der Waals surface area contributed by atoms with E-state index in [1.807, 2.05) is 24.3 Å². The zero-order valence-electron chi connectivity index (χ0n) is 13.4. The van der Waals surface area contributed by atoms with Gasteiger partial charge in [-0.25, -0.2) is 0 Å². The zero-order valence-corrected chi connectivity index (χ0v) is 14.3. The van der Waals surface area contributed by atoms with Gasteiger partial charge in [0.15, 0.2) is 0 Å². The van der Waals surface area contributed by atoms with E-state index in [4.69, 9.17) is 0 Å². The average molecular weight is 339 g/mol. The molecular formula is C18H24F2NOP. The number of hydrogen-bond acceptors (Lipinski definition) is 2. The van der Waals surface area contributed by atoms with Crippen molar-refractivity contribution in [2.75, 3.05) is 24.2 Å². The summed E-state index contributed by atoms with van der Waals surface area (Å²) in [6.07, 6.45) is 5.00. The van der Waals surface area contributed by atoms with E-state index in [-0.39, 0.29) is 0 Å². The highest BCUT2D eigenvalue weighted by Crippen LogP contribution is 2.51. The molecule has 2 nitrogen and oxygen atoms in total. The Morgan fingerprint density at radius 1 is 1.17 bits per heavy atom. The van der Waals surface area contributed by atoms with Crippen LogP contribution in [0.15, 0.2) is 35.9 Å². The Morgan fingerprint density at radius 3 is 2.52 bits per heavy atom. The van der Waals surface area contributed by atoms with Gasteiger partial charge in [-0.15, -0.1) is 0 Å². The summed E-state index contributed by atoms with van der Waals surface area (Å²) in [5.74, 6) is 0.434. The number of halogens is 2. The van der Waals surface area contributed by atoms with Crippen LogP contribution in [0.5, 0.6) is 0 Å². The first-order valence-corrected chi connectivity index (χ1v) is 10.6. The van der Waals surface area contributed by atoms with Crippen LogP contribution in [0.25, 0.3) is 0 Å². The van der Waals surface area contributed by atoms with E-state index in [0.717, 1.165) is 55.5 Å². The molecule has 0 unspecified atom stereocenters. The molecule has 0 aromatic heterocycles. The molecule has 0 spiro atoms.